The van der Waals surface area contributed by atoms with Gasteiger partial charge in [-0.2, -0.15) is 0 Å². The molecule has 0 unspecified atom stereocenters. The fourth-order valence-corrected chi connectivity index (χ4v) is 1.28. The van der Waals surface area contributed by atoms with Gasteiger partial charge in [-0.05, 0) is 24.7 Å². The number of carbonyl (C=O) groups excluding carboxylic acids is 1. The molecule has 0 atom stereocenters. The van der Waals surface area contributed by atoms with E-state index in [-0.39, 0.29) is 11.7 Å². The first-order valence-corrected chi connectivity index (χ1v) is 5.90. The quantitative estimate of drug-likeness (QED) is 0.672. The maximum atomic E-state index is 12.6. The second-order valence-electron chi connectivity index (χ2n) is 4.19. The number of halogens is 1. The summed E-state index contributed by atoms with van der Waals surface area (Å²) in [5, 5.41) is 14.8. The molecule has 0 aliphatic heterocycles. The van der Waals surface area contributed by atoms with Gasteiger partial charge in [0, 0.05) is 19.5 Å². The van der Waals surface area contributed by atoms with Crippen LogP contribution in [0.5, 0.6) is 0 Å². The molecule has 0 saturated carbocycles. The van der Waals surface area contributed by atoms with Crippen molar-refractivity contribution in [2.75, 3.05) is 13.6 Å². The summed E-state index contributed by atoms with van der Waals surface area (Å²) >= 11 is 0. The Labute approximate surface area is 120 Å². The van der Waals surface area contributed by atoms with Crippen LogP contribution >= 0.6 is 0 Å². The smallest absolute Gasteiger partial charge is 0.414 e. The van der Waals surface area contributed by atoms with E-state index in [1.807, 2.05) is 11.9 Å². The fraction of sp³-hybridized carbons (Fsp3) is 0.308. The zero-order valence-electron chi connectivity index (χ0n) is 11.5. The van der Waals surface area contributed by atoms with Gasteiger partial charge in [0.2, 0.25) is 5.91 Å². The molecule has 116 valence electrons. The van der Waals surface area contributed by atoms with Gasteiger partial charge in [0.15, 0.2) is 0 Å². The van der Waals surface area contributed by atoms with Crippen LogP contribution in [-0.4, -0.2) is 46.6 Å². The van der Waals surface area contributed by atoms with Gasteiger partial charge in [0.25, 0.3) is 0 Å². The summed E-state index contributed by atoms with van der Waals surface area (Å²) in [5.41, 5.74) is 6.06. The van der Waals surface area contributed by atoms with Crippen molar-refractivity contribution in [1.82, 2.24) is 4.90 Å². The van der Waals surface area contributed by atoms with Crippen molar-refractivity contribution in [1.29, 1.82) is 0 Å². The molecular weight excluding hydrogens is 283 g/mol. The molecule has 0 aliphatic rings. The van der Waals surface area contributed by atoms with Crippen LogP contribution in [-0.2, 0) is 20.9 Å². The number of rotatable bonds is 5. The zero-order chi connectivity index (χ0) is 16.4. The molecule has 0 aliphatic carbocycles. The minimum absolute atomic E-state index is 0.237. The summed E-state index contributed by atoms with van der Waals surface area (Å²) in [6, 6.07) is 6.32. The number of amides is 1. The van der Waals surface area contributed by atoms with Crippen LogP contribution in [0.4, 0.5) is 4.39 Å². The maximum absolute atomic E-state index is 12.6. The lowest BCUT2D eigenvalue weighted by molar-refractivity contribution is -0.159. The Balaban J connectivity index is 0.000000567. The molecule has 1 aromatic carbocycles. The van der Waals surface area contributed by atoms with Crippen LogP contribution in [0.25, 0.3) is 0 Å². The van der Waals surface area contributed by atoms with Crippen LogP contribution in [0.1, 0.15) is 12.0 Å². The number of carbonyl (C=O) groups is 3. The number of hydrogen-bond donors (Lipinski definition) is 3. The first kappa shape index (κ1) is 18.5. The third kappa shape index (κ3) is 10.0. The van der Waals surface area contributed by atoms with Gasteiger partial charge in [-0.1, -0.05) is 12.1 Å². The van der Waals surface area contributed by atoms with Crippen LogP contribution in [0.15, 0.2) is 24.3 Å². The molecule has 1 amide bonds. The predicted molar refractivity (Wildman–Crippen MR) is 71.8 cm³/mol. The summed E-state index contributed by atoms with van der Waals surface area (Å²) < 4.78 is 12.6. The van der Waals surface area contributed by atoms with Crippen LogP contribution in [0.2, 0.25) is 0 Å². The monoisotopic (exact) mass is 300 g/mol. The van der Waals surface area contributed by atoms with Gasteiger partial charge >= 0.3 is 11.9 Å². The van der Waals surface area contributed by atoms with Crippen molar-refractivity contribution in [3.05, 3.63) is 35.6 Å². The van der Waals surface area contributed by atoms with E-state index in [1.54, 1.807) is 12.1 Å². The first-order chi connectivity index (χ1) is 9.72. The molecule has 0 fully saturated rings. The molecule has 8 heteroatoms. The van der Waals surface area contributed by atoms with E-state index in [2.05, 4.69) is 0 Å². The highest BCUT2D eigenvalue weighted by Crippen LogP contribution is 2.05. The molecule has 0 spiro atoms. The largest absolute Gasteiger partial charge is 0.473 e. The first-order valence-electron chi connectivity index (χ1n) is 5.90. The van der Waals surface area contributed by atoms with E-state index in [4.69, 9.17) is 25.5 Å². The van der Waals surface area contributed by atoms with Crippen molar-refractivity contribution in [2.45, 2.75) is 13.0 Å². The van der Waals surface area contributed by atoms with E-state index < -0.39 is 11.9 Å². The number of nitrogens with two attached hydrogens (primary N) is 1. The SMILES string of the molecule is CN(CCC(N)=O)Cc1ccc(F)cc1.O=C(O)C(=O)O. The standard InChI is InChI=1S/C11H15FN2O.C2H2O4/c1-14(7-6-11(13)15)8-9-2-4-10(12)5-3-9;3-1(4)2(5)6/h2-5H,6-8H2,1H3,(H2,13,15);(H,3,4)(H,5,6). The molecule has 1 rings (SSSR count). The molecule has 21 heavy (non-hydrogen) atoms. The van der Waals surface area contributed by atoms with Crippen molar-refractivity contribution in [3.8, 4) is 0 Å². The van der Waals surface area contributed by atoms with E-state index in [1.165, 1.54) is 12.1 Å². The van der Waals surface area contributed by atoms with E-state index in [0.717, 1.165) is 5.56 Å². The molecule has 0 heterocycles. The number of aliphatic carboxylic acids is 2. The summed E-state index contributed by atoms with van der Waals surface area (Å²) in [4.78, 5) is 30.7. The molecule has 0 bridgehead atoms. The Bertz CT molecular complexity index is 478. The van der Waals surface area contributed by atoms with Crippen molar-refractivity contribution < 1.29 is 29.0 Å². The third-order valence-corrected chi connectivity index (χ3v) is 2.29. The highest BCUT2D eigenvalue weighted by Gasteiger charge is 2.04. The Morgan fingerprint density at radius 3 is 2.00 bits per heavy atom. The molecule has 0 aromatic heterocycles. The van der Waals surface area contributed by atoms with Crippen molar-refractivity contribution in [3.63, 3.8) is 0 Å². The maximum Gasteiger partial charge on any atom is 0.414 e. The number of benzene rings is 1. The van der Waals surface area contributed by atoms with E-state index in [0.29, 0.717) is 19.5 Å². The van der Waals surface area contributed by atoms with Gasteiger partial charge in [0.05, 0.1) is 0 Å². The number of carboxylic acids is 2. The lowest BCUT2D eigenvalue weighted by Gasteiger charge is -2.15. The lowest BCUT2D eigenvalue weighted by atomic mass is 10.2. The topological polar surface area (TPSA) is 121 Å². The number of primary amides is 1. The van der Waals surface area contributed by atoms with Crippen LogP contribution < -0.4 is 5.73 Å². The van der Waals surface area contributed by atoms with E-state index in [9.17, 15) is 9.18 Å². The Hall–Kier alpha value is -2.48. The molecule has 7 nitrogen and oxygen atoms in total. The summed E-state index contributed by atoms with van der Waals surface area (Å²) in [6.45, 7) is 1.31. The number of carboxylic acid groups (broad SMARTS) is 2. The molecule has 4 N–H and O–H groups in total. The average molecular weight is 300 g/mol. The second kappa shape index (κ2) is 9.43. The van der Waals surface area contributed by atoms with Gasteiger partial charge in [0.1, 0.15) is 5.82 Å². The predicted octanol–water partition coefficient (Wildman–Crippen LogP) is 0.289. The van der Waals surface area contributed by atoms with Gasteiger partial charge in [-0.15, -0.1) is 0 Å². The third-order valence-electron chi connectivity index (χ3n) is 2.29. The van der Waals surface area contributed by atoms with E-state index >= 15 is 0 Å². The Morgan fingerprint density at radius 1 is 1.14 bits per heavy atom. The van der Waals surface area contributed by atoms with Crippen molar-refractivity contribution in [2.24, 2.45) is 5.73 Å². The number of nitrogens with zero attached hydrogens (tertiary/aromatic N) is 1. The van der Waals surface area contributed by atoms with Crippen LogP contribution in [0, 0.1) is 5.82 Å². The molecule has 1 aromatic rings. The lowest BCUT2D eigenvalue weighted by Crippen LogP contribution is -2.24. The van der Waals surface area contributed by atoms with Gasteiger partial charge in [-0.25, -0.2) is 14.0 Å². The molecular formula is C13H17FN2O5. The number of hydrogen-bond acceptors (Lipinski definition) is 4. The average Bonchev–Trinajstić information content (AvgIpc) is 2.39. The molecule has 0 radical (unpaired) electrons. The summed E-state index contributed by atoms with van der Waals surface area (Å²) in [5.74, 6) is -4.19. The zero-order valence-corrected chi connectivity index (χ0v) is 11.5. The second-order valence-corrected chi connectivity index (χ2v) is 4.19. The normalized spacial score (nSPS) is 9.67. The highest BCUT2D eigenvalue weighted by atomic mass is 19.1. The Kier molecular flexibility index (Phi) is 8.31. The summed E-state index contributed by atoms with van der Waals surface area (Å²) in [7, 11) is 1.90. The minimum atomic E-state index is -1.82. The fourth-order valence-electron chi connectivity index (χ4n) is 1.28. The Morgan fingerprint density at radius 2 is 1.62 bits per heavy atom. The minimum Gasteiger partial charge on any atom is -0.473 e. The van der Waals surface area contributed by atoms with Gasteiger partial charge < -0.3 is 20.8 Å². The van der Waals surface area contributed by atoms with Gasteiger partial charge in [-0.3, -0.25) is 4.79 Å². The summed E-state index contributed by atoms with van der Waals surface area (Å²) in [6.07, 6.45) is 0.345. The van der Waals surface area contributed by atoms with Crippen molar-refractivity contribution >= 4 is 17.8 Å². The molecule has 0 saturated heterocycles. The van der Waals surface area contributed by atoms with Crippen LogP contribution in [0.3, 0.4) is 0 Å². The highest BCUT2D eigenvalue weighted by molar-refractivity contribution is 6.27.